The zero-order valence-electron chi connectivity index (χ0n) is 13.2. The average molecular weight is 357 g/mol. The van der Waals surface area contributed by atoms with Gasteiger partial charge in [0.1, 0.15) is 6.04 Å². The third-order valence-corrected chi connectivity index (χ3v) is 2.88. The molecule has 0 aliphatic carbocycles. The van der Waals surface area contributed by atoms with Crippen LogP contribution in [0.4, 0.5) is 32.0 Å². The van der Waals surface area contributed by atoms with Gasteiger partial charge in [0.2, 0.25) is 0 Å². The number of hydrogen-bond acceptors (Lipinski definition) is 3. The van der Waals surface area contributed by atoms with Crippen LogP contribution in [0.3, 0.4) is 0 Å². The van der Waals surface area contributed by atoms with Crippen LogP contribution in [0.2, 0.25) is 0 Å². The highest BCUT2D eigenvalue weighted by molar-refractivity contribution is 5.79. The van der Waals surface area contributed by atoms with Gasteiger partial charge in [-0.1, -0.05) is 13.8 Å². The third kappa shape index (κ3) is 5.93. The van der Waals surface area contributed by atoms with E-state index in [0.29, 0.717) is 12.1 Å². The van der Waals surface area contributed by atoms with E-state index in [1.165, 1.54) is 6.92 Å². The monoisotopic (exact) mass is 357 g/mol. The molecule has 9 heteroatoms. The Morgan fingerprint density at radius 3 is 1.83 bits per heavy atom. The molecular weight excluding hydrogens is 340 g/mol. The quantitative estimate of drug-likeness (QED) is 0.612. The van der Waals surface area contributed by atoms with Crippen LogP contribution in [0.25, 0.3) is 0 Å². The summed E-state index contributed by atoms with van der Waals surface area (Å²) < 4.78 is 81.4. The van der Waals surface area contributed by atoms with E-state index in [2.05, 4.69) is 5.32 Å². The summed E-state index contributed by atoms with van der Waals surface area (Å²) in [4.78, 5) is 11.7. The first kappa shape index (κ1) is 20.1. The van der Waals surface area contributed by atoms with Crippen LogP contribution in [0, 0.1) is 5.92 Å². The molecule has 0 radical (unpaired) electrons. The molecule has 0 saturated carbocycles. The Balaban J connectivity index is 3.04. The molecule has 0 heterocycles. The van der Waals surface area contributed by atoms with Crippen molar-refractivity contribution in [1.29, 1.82) is 0 Å². The SMILES string of the molecule is CC(C)COC(=O)C(C)Nc1cc(C(F)(F)F)cc(C(F)(F)F)c1. The van der Waals surface area contributed by atoms with Crippen molar-refractivity contribution in [2.75, 3.05) is 11.9 Å². The second kappa shape index (κ2) is 7.31. The highest BCUT2D eigenvalue weighted by Crippen LogP contribution is 2.37. The lowest BCUT2D eigenvalue weighted by Crippen LogP contribution is -2.29. The number of alkyl halides is 6. The summed E-state index contributed by atoms with van der Waals surface area (Å²) in [7, 11) is 0. The van der Waals surface area contributed by atoms with Gasteiger partial charge in [0, 0.05) is 5.69 Å². The van der Waals surface area contributed by atoms with E-state index in [4.69, 9.17) is 4.74 Å². The second-order valence-electron chi connectivity index (χ2n) is 5.68. The van der Waals surface area contributed by atoms with Crippen molar-refractivity contribution in [3.63, 3.8) is 0 Å². The summed E-state index contributed by atoms with van der Waals surface area (Å²) >= 11 is 0. The van der Waals surface area contributed by atoms with E-state index in [-0.39, 0.29) is 18.6 Å². The lowest BCUT2D eigenvalue weighted by molar-refractivity contribution is -0.145. The molecule has 0 saturated heterocycles. The number of hydrogen-bond donors (Lipinski definition) is 1. The molecule has 136 valence electrons. The molecule has 1 aromatic carbocycles. The average Bonchev–Trinajstić information content (AvgIpc) is 2.42. The van der Waals surface area contributed by atoms with Crippen LogP contribution in [0.5, 0.6) is 0 Å². The zero-order chi connectivity index (χ0) is 18.7. The number of esters is 1. The van der Waals surface area contributed by atoms with E-state index >= 15 is 0 Å². The van der Waals surface area contributed by atoms with Crippen LogP contribution in [-0.4, -0.2) is 18.6 Å². The molecule has 24 heavy (non-hydrogen) atoms. The molecule has 1 rings (SSSR count). The minimum Gasteiger partial charge on any atom is -0.464 e. The van der Waals surface area contributed by atoms with Gasteiger partial charge in [-0.15, -0.1) is 0 Å². The van der Waals surface area contributed by atoms with Gasteiger partial charge in [0.25, 0.3) is 0 Å². The van der Waals surface area contributed by atoms with Gasteiger partial charge in [-0.2, -0.15) is 26.3 Å². The number of rotatable bonds is 5. The van der Waals surface area contributed by atoms with Crippen molar-refractivity contribution < 1.29 is 35.9 Å². The first-order chi connectivity index (χ1) is 10.8. The Kier molecular flexibility index (Phi) is 6.13. The van der Waals surface area contributed by atoms with Crippen LogP contribution in [0.15, 0.2) is 18.2 Å². The molecule has 0 amide bonds. The summed E-state index contributed by atoms with van der Waals surface area (Å²) in [6.45, 7) is 4.96. The van der Waals surface area contributed by atoms with Gasteiger partial charge in [-0.3, -0.25) is 0 Å². The van der Waals surface area contributed by atoms with Crippen molar-refractivity contribution in [1.82, 2.24) is 0 Å². The number of nitrogens with one attached hydrogen (secondary N) is 1. The molecule has 0 aliphatic heterocycles. The third-order valence-electron chi connectivity index (χ3n) is 2.88. The van der Waals surface area contributed by atoms with Crippen molar-refractivity contribution in [3.05, 3.63) is 29.3 Å². The van der Waals surface area contributed by atoms with E-state index < -0.39 is 41.2 Å². The summed E-state index contributed by atoms with van der Waals surface area (Å²) in [6.07, 6.45) is -9.89. The molecule has 1 unspecified atom stereocenters. The number of halogens is 6. The molecule has 0 aromatic heterocycles. The molecular formula is C15H17F6NO2. The van der Waals surface area contributed by atoms with Gasteiger partial charge in [-0.25, -0.2) is 4.79 Å². The Morgan fingerprint density at radius 2 is 1.46 bits per heavy atom. The summed E-state index contributed by atoms with van der Waals surface area (Å²) in [5.74, 6) is -0.721. The summed E-state index contributed by atoms with van der Waals surface area (Å²) in [5.41, 5.74) is -3.38. The fraction of sp³-hybridized carbons (Fsp3) is 0.533. The normalized spacial score (nSPS) is 13.8. The molecule has 0 aliphatic rings. The maximum Gasteiger partial charge on any atom is 0.416 e. The summed E-state index contributed by atoms with van der Waals surface area (Å²) in [5, 5.41) is 2.32. The van der Waals surface area contributed by atoms with Crippen molar-refractivity contribution in [3.8, 4) is 0 Å². The Labute approximate surface area is 135 Å². The maximum absolute atomic E-state index is 12.8. The Hall–Kier alpha value is -1.93. The Bertz CT molecular complexity index is 548. The van der Waals surface area contributed by atoms with Crippen molar-refractivity contribution in [2.24, 2.45) is 5.92 Å². The number of benzene rings is 1. The topological polar surface area (TPSA) is 38.3 Å². The molecule has 1 N–H and O–H groups in total. The Morgan fingerprint density at radius 1 is 1.00 bits per heavy atom. The van der Waals surface area contributed by atoms with Crippen LogP contribution in [-0.2, 0) is 21.9 Å². The van der Waals surface area contributed by atoms with Crippen molar-refractivity contribution in [2.45, 2.75) is 39.2 Å². The standard InChI is InChI=1S/C15H17F6NO2/c1-8(2)7-24-13(23)9(3)22-12-5-10(14(16,17)18)4-11(6-12)15(19,20)21/h4-6,8-9,22H,7H2,1-3H3. The van der Waals surface area contributed by atoms with Crippen LogP contribution >= 0.6 is 0 Å². The van der Waals surface area contributed by atoms with Crippen LogP contribution in [0.1, 0.15) is 31.9 Å². The van der Waals surface area contributed by atoms with E-state index in [0.717, 1.165) is 0 Å². The van der Waals surface area contributed by atoms with Gasteiger partial charge >= 0.3 is 18.3 Å². The molecule has 0 bridgehead atoms. The minimum atomic E-state index is -4.95. The fourth-order valence-corrected chi connectivity index (χ4v) is 1.72. The maximum atomic E-state index is 12.8. The smallest absolute Gasteiger partial charge is 0.416 e. The predicted octanol–water partition coefficient (Wildman–Crippen LogP) is 4.72. The number of carbonyl (C=O) groups is 1. The van der Waals surface area contributed by atoms with Gasteiger partial charge < -0.3 is 10.1 Å². The molecule has 0 spiro atoms. The van der Waals surface area contributed by atoms with Gasteiger partial charge in [-0.05, 0) is 31.0 Å². The highest BCUT2D eigenvalue weighted by atomic mass is 19.4. The van der Waals surface area contributed by atoms with Crippen molar-refractivity contribution >= 4 is 11.7 Å². The first-order valence-corrected chi connectivity index (χ1v) is 7.03. The predicted molar refractivity (Wildman–Crippen MR) is 75.3 cm³/mol. The summed E-state index contributed by atoms with van der Waals surface area (Å²) in [6, 6.07) is -0.0520. The lowest BCUT2D eigenvalue weighted by Gasteiger charge is -2.18. The van der Waals surface area contributed by atoms with Gasteiger partial charge in [0.05, 0.1) is 17.7 Å². The molecule has 1 aromatic rings. The van der Waals surface area contributed by atoms with Gasteiger partial charge in [0.15, 0.2) is 0 Å². The molecule has 1 atom stereocenters. The number of ether oxygens (including phenoxy) is 1. The number of carbonyl (C=O) groups excluding carboxylic acids is 1. The second-order valence-corrected chi connectivity index (χ2v) is 5.68. The van der Waals surface area contributed by atoms with E-state index in [1.54, 1.807) is 13.8 Å². The lowest BCUT2D eigenvalue weighted by atomic mass is 10.1. The fourth-order valence-electron chi connectivity index (χ4n) is 1.72. The van der Waals surface area contributed by atoms with E-state index in [1.807, 2.05) is 0 Å². The molecule has 0 fully saturated rings. The zero-order valence-corrected chi connectivity index (χ0v) is 13.2. The highest BCUT2D eigenvalue weighted by Gasteiger charge is 2.37. The first-order valence-electron chi connectivity index (χ1n) is 7.03. The molecule has 3 nitrogen and oxygen atoms in total. The van der Waals surface area contributed by atoms with E-state index in [9.17, 15) is 31.1 Å². The minimum absolute atomic E-state index is 0.0208. The number of anilines is 1. The van der Waals surface area contributed by atoms with Crippen LogP contribution < -0.4 is 5.32 Å². The largest absolute Gasteiger partial charge is 0.464 e.